The van der Waals surface area contributed by atoms with Gasteiger partial charge >= 0.3 is 0 Å². The number of sulfonamides is 1. The van der Waals surface area contributed by atoms with Crippen LogP contribution in [-0.4, -0.2) is 67.1 Å². The molecule has 2 fully saturated rings. The second-order valence-corrected chi connectivity index (χ2v) is 7.63. The Bertz CT molecular complexity index is 666. The van der Waals surface area contributed by atoms with Gasteiger partial charge in [0.15, 0.2) is 0 Å². The van der Waals surface area contributed by atoms with Gasteiger partial charge in [-0.2, -0.15) is 4.31 Å². The van der Waals surface area contributed by atoms with Gasteiger partial charge in [0, 0.05) is 38.6 Å². The number of hydrogen-bond acceptors (Lipinski definition) is 6. The standard InChI is InChI=1S/C13H19N5O3S/c1-14-12(19)10-6-9-7-17(13-15-4-3-5-16-13)8-11(9)18(10)22(2,20)21/h3-5,9-11H,6-8H2,1-2H3,(H,14,19)/t9-,10-,11+/m0/s1. The molecule has 0 radical (unpaired) electrons. The molecule has 0 bridgehead atoms. The van der Waals surface area contributed by atoms with Gasteiger partial charge in [0.25, 0.3) is 0 Å². The summed E-state index contributed by atoms with van der Waals surface area (Å²) in [5.74, 6) is 0.463. The number of fused-ring (bicyclic) bond motifs is 1. The fraction of sp³-hybridized carbons (Fsp3) is 0.615. The summed E-state index contributed by atoms with van der Waals surface area (Å²) >= 11 is 0. The van der Waals surface area contributed by atoms with Crippen molar-refractivity contribution in [2.45, 2.75) is 18.5 Å². The lowest BCUT2D eigenvalue weighted by molar-refractivity contribution is -0.123. The van der Waals surface area contributed by atoms with E-state index in [1.165, 1.54) is 11.4 Å². The van der Waals surface area contributed by atoms with E-state index in [2.05, 4.69) is 15.3 Å². The van der Waals surface area contributed by atoms with Crippen molar-refractivity contribution in [1.29, 1.82) is 0 Å². The molecule has 0 unspecified atom stereocenters. The van der Waals surface area contributed by atoms with Crippen LogP contribution in [0, 0.1) is 5.92 Å². The number of amides is 1. The maximum atomic E-state index is 12.1. The van der Waals surface area contributed by atoms with E-state index in [1.54, 1.807) is 18.5 Å². The highest BCUT2D eigenvalue weighted by molar-refractivity contribution is 7.88. The van der Waals surface area contributed by atoms with Gasteiger partial charge in [-0.15, -0.1) is 0 Å². The van der Waals surface area contributed by atoms with Crippen molar-refractivity contribution >= 4 is 21.9 Å². The Morgan fingerprint density at radius 3 is 2.59 bits per heavy atom. The van der Waals surface area contributed by atoms with Crippen molar-refractivity contribution in [2.24, 2.45) is 5.92 Å². The van der Waals surface area contributed by atoms with Gasteiger partial charge in [0.05, 0.1) is 6.26 Å². The zero-order chi connectivity index (χ0) is 15.9. The number of aromatic nitrogens is 2. The van der Waals surface area contributed by atoms with Crippen LogP contribution in [0.1, 0.15) is 6.42 Å². The molecule has 1 N–H and O–H groups in total. The molecule has 2 saturated heterocycles. The van der Waals surface area contributed by atoms with Crippen molar-refractivity contribution in [2.75, 3.05) is 31.3 Å². The third-order valence-electron chi connectivity index (χ3n) is 4.33. The molecular weight excluding hydrogens is 306 g/mol. The molecule has 9 heteroatoms. The smallest absolute Gasteiger partial charge is 0.238 e. The van der Waals surface area contributed by atoms with E-state index in [-0.39, 0.29) is 17.9 Å². The van der Waals surface area contributed by atoms with E-state index in [9.17, 15) is 13.2 Å². The number of carbonyl (C=O) groups excluding carboxylic acids is 1. The highest BCUT2D eigenvalue weighted by Crippen LogP contribution is 2.38. The summed E-state index contributed by atoms with van der Waals surface area (Å²) in [6.07, 6.45) is 5.02. The molecule has 3 rings (SSSR count). The maximum Gasteiger partial charge on any atom is 0.238 e. The predicted octanol–water partition coefficient (Wildman–Crippen LogP) is -0.939. The SMILES string of the molecule is CNC(=O)[C@@H]1C[C@H]2CN(c3ncccn3)C[C@H]2N1S(C)(=O)=O. The second-order valence-electron chi connectivity index (χ2n) is 5.74. The van der Waals surface area contributed by atoms with Gasteiger partial charge in [-0.3, -0.25) is 4.79 Å². The Morgan fingerprint density at radius 2 is 2.00 bits per heavy atom. The van der Waals surface area contributed by atoms with Crippen LogP contribution in [0.3, 0.4) is 0 Å². The molecule has 0 spiro atoms. The van der Waals surface area contributed by atoms with Gasteiger partial charge in [-0.1, -0.05) is 0 Å². The lowest BCUT2D eigenvalue weighted by Gasteiger charge is -2.27. The van der Waals surface area contributed by atoms with Gasteiger partial charge in [-0.05, 0) is 18.4 Å². The molecule has 0 saturated carbocycles. The fourth-order valence-electron chi connectivity index (χ4n) is 3.48. The summed E-state index contributed by atoms with van der Waals surface area (Å²) in [6, 6.07) is 0.917. The Hall–Kier alpha value is -1.74. The molecule has 1 aromatic rings. The average molecular weight is 325 g/mol. The normalized spacial score (nSPS) is 28.6. The molecule has 8 nitrogen and oxygen atoms in total. The molecule has 3 heterocycles. The van der Waals surface area contributed by atoms with Gasteiger partial charge in [0.1, 0.15) is 6.04 Å². The number of likely N-dealkylation sites (N-methyl/N-ethyl adjacent to an activating group) is 1. The summed E-state index contributed by atoms with van der Waals surface area (Å²) in [5.41, 5.74) is 0. The van der Waals surface area contributed by atoms with E-state index in [0.717, 1.165) is 6.26 Å². The summed E-state index contributed by atoms with van der Waals surface area (Å²) in [5, 5.41) is 2.56. The Balaban J connectivity index is 1.86. The van der Waals surface area contributed by atoms with Crippen LogP contribution in [0.2, 0.25) is 0 Å². The zero-order valence-corrected chi connectivity index (χ0v) is 13.3. The third-order valence-corrected chi connectivity index (χ3v) is 5.62. The van der Waals surface area contributed by atoms with Crippen molar-refractivity contribution in [3.8, 4) is 0 Å². The minimum Gasteiger partial charge on any atom is -0.358 e. The van der Waals surface area contributed by atoms with Crippen LogP contribution in [0.5, 0.6) is 0 Å². The summed E-state index contributed by atoms with van der Waals surface area (Å²) < 4.78 is 25.7. The van der Waals surface area contributed by atoms with Gasteiger partial charge in [0.2, 0.25) is 21.9 Å². The number of nitrogens with one attached hydrogen (secondary N) is 1. The number of carbonyl (C=O) groups is 1. The highest BCUT2D eigenvalue weighted by Gasteiger charge is 2.52. The molecule has 1 amide bonds. The van der Waals surface area contributed by atoms with Crippen LogP contribution in [0.15, 0.2) is 18.5 Å². The topological polar surface area (TPSA) is 95.5 Å². The van der Waals surface area contributed by atoms with E-state index in [1.807, 2.05) is 4.90 Å². The summed E-state index contributed by atoms with van der Waals surface area (Å²) in [7, 11) is -1.93. The molecule has 0 aliphatic carbocycles. The molecule has 0 aromatic carbocycles. The Kier molecular flexibility index (Phi) is 3.77. The first kappa shape index (κ1) is 15.2. The molecule has 120 valence electrons. The molecule has 22 heavy (non-hydrogen) atoms. The first-order valence-electron chi connectivity index (χ1n) is 7.14. The first-order chi connectivity index (χ1) is 10.4. The molecule has 3 atom stereocenters. The van der Waals surface area contributed by atoms with Crippen molar-refractivity contribution in [3.63, 3.8) is 0 Å². The minimum atomic E-state index is -3.46. The molecule has 2 aliphatic rings. The molecule has 1 aromatic heterocycles. The number of anilines is 1. The van der Waals surface area contributed by atoms with Gasteiger partial charge in [-0.25, -0.2) is 18.4 Å². The lowest BCUT2D eigenvalue weighted by Crippen LogP contribution is -2.49. The van der Waals surface area contributed by atoms with Crippen molar-refractivity contribution in [3.05, 3.63) is 18.5 Å². The lowest BCUT2D eigenvalue weighted by atomic mass is 10.0. The maximum absolute atomic E-state index is 12.1. The van der Waals surface area contributed by atoms with Crippen LogP contribution in [0.25, 0.3) is 0 Å². The van der Waals surface area contributed by atoms with Crippen molar-refractivity contribution < 1.29 is 13.2 Å². The third kappa shape index (κ3) is 2.54. The van der Waals surface area contributed by atoms with Gasteiger partial charge < -0.3 is 10.2 Å². The Morgan fingerprint density at radius 1 is 1.32 bits per heavy atom. The minimum absolute atomic E-state index is 0.112. The molecular formula is C13H19N5O3S. The van der Waals surface area contributed by atoms with Crippen LogP contribution >= 0.6 is 0 Å². The summed E-state index contributed by atoms with van der Waals surface area (Å²) in [6.45, 7) is 1.17. The largest absolute Gasteiger partial charge is 0.358 e. The number of hydrogen-bond donors (Lipinski definition) is 1. The average Bonchev–Trinajstić information content (AvgIpc) is 3.03. The van der Waals surface area contributed by atoms with Crippen molar-refractivity contribution in [1.82, 2.24) is 19.6 Å². The Labute approximate surface area is 129 Å². The van der Waals surface area contributed by atoms with E-state index in [4.69, 9.17) is 0 Å². The monoisotopic (exact) mass is 325 g/mol. The van der Waals surface area contributed by atoms with Crippen LogP contribution in [0.4, 0.5) is 5.95 Å². The molecule has 2 aliphatic heterocycles. The fourth-order valence-corrected chi connectivity index (χ4v) is 4.85. The quantitative estimate of drug-likeness (QED) is 0.771. The summed E-state index contributed by atoms with van der Waals surface area (Å²) in [4.78, 5) is 22.4. The number of rotatable bonds is 3. The number of nitrogens with zero attached hydrogens (tertiary/aromatic N) is 4. The highest BCUT2D eigenvalue weighted by atomic mass is 32.2. The van der Waals surface area contributed by atoms with Crippen LogP contribution < -0.4 is 10.2 Å². The van der Waals surface area contributed by atoms with Crippen LogP contribution in [-0.2, 0) is 14.8 Å². The second kappa shape index (κ2) is 5.47. The van der Waals surface area contributed by atoms with E-state index in [0.29, 0.717) is 25.5 Å². The zero-order valence-electron chi connectivity index (χ0n) is 12.5. The predicted molar refractivity (Wildman–Crippen MR) is 80.7 cm³/mol. The van der Waals surface area contributed by atoms with E-state index >= 15 is 0 Å². The van der Waals surface area contributed by atoms with E-state index < -0.39 is 16.1 Å². The first-order valence-corrected chi connectivity index (χ1v) is 8.98.